The number of anilines is 1. The molecule has 1 aromatic heterocycles. The van der Waals surface area contributed by atoms with E-state index in [2.05, 4.69) is 98.6 Å². The molecule has 0 unspecified atom stereocenters. The van der Waals surface area contributed by atoms with E-state index in [1.54, 1.807) is 28.6 Å². The summed E-state index contributed by atoms with van der Waals surface area (Å²) in [6.45, 7) is 7.52. The molecule has 0 fully saturated rings. The van der Waals surface area contributed by atoms with Gasteiger partial charge in [-0.15, -0.1) is 11.8 Å². The van der Waals surface area contributed by atoms with Crippen molar-refractivity contribution in [1.29, 1.82) is 0 Å². The Labute approximate surface area is 200 Å². The summed E-state index contributed by atoms with van der Waals surface area (Å²) in [6.07, 6.45) is 5.97. The van der Waals surface area contributed by atoms with Crippen LogP contribution in [0.5, 0.6) is 0 Å². The second kappa shape index (κ2) is 9.71. The van der Waals surface area contributed by atoms with Gasteiger partial charge in [-0.2, -0.15) is 4.98 Å². The molecule has 172 valence electrons. The summed E-state index contributed by atoms with van der Waals surface area (Å²) in [6, 6.07) is 23.1. The second-order valence-corrected chi connectivity index (χ2v) is 14.8. The Morgan fingerprint density at radius 3 is 2.12 bits per heavy atom. The van der Waals surface area contributed by atoms with Gasteiger partial charge >= 0.3 is 5.69 Å². The highest BCUT2D eigenvalue weighted by Crippen LogP contribution is 2.38. The first-order chi connectivity index (χ1) is 15.8. The van der Waals surface area contributed by atoms with Crippen molar-refractivity contribution in [2.45, 2.75) is 31.2 Å². The van der Waals surface area contributed by atoms with Crippen molar-refractivity contribution >= 4 is 36.3 Å². The third kappa shape index (κ3) is 4.85. The summed E-state index contributed by atoms with van der Waals surface area (Å²) in [7, 11) is -2.55. The Kier molecular flexibility index (Phi) is 6.93. The fraction of sp³-hybridized carbons (Fsp3) is 0.308. The zero-order valence-corrected chi connectivity index (χ0v) is 21.2. The number of hydrogen-bond donors (Lipinski definition) is 1. The van der Waals surface area contributed by atoms with Gasteiger partial charge in [0.25, 0.3) is 8.32 Å². The van der Waals surface area contributed by atoms with Gasteiger partial charge in [0.2, 0.25) is 0 Å². The van der Waals surface area contributed by atoms with Crippen LogP contribution in [0.2, 0.25) is 5.04 Å². The van der Waals surface area contributed by atoms with Gasteiger partial charge in [-0.05, 0) is 21.5 Å². The predicted molar refractivity (Wildman–Crippen MR) is 141 cm³/mol. The summed E-state index contributed by atoms with van der Waals surface area (Å²) in [4.78, 5) is 16.1. The SMILES string of the molecule is CC(C)(C)[Si](OC[C@H]1C=C[C@@H](n2ccc(N)nc2=O)SC1)(c1ccccc1)c1ccccc1. The lowest BCUT2D eigenvalue weighted by Gasteiger charge is -2.43. The van der Waals surface area contributed by atoms with Gasteiger partial charge in [-0.1, -0.05) is 93.6 Å². The first kappa shape index (κ1) is 23.5. The van der Waals surface area contributed by atoms with Gasteiger partial charge in [-0.25, -0.2) is 4.79 Å². The predicted octanol–water partition coefficient (Wildman–Crippen LogP) is 3.82. The van der Waals surface area contributed by atoms with Gasteiger partial charge in [0.15, 0.2) is 0 Å². The van der Waals surface area contributed by atoms with Crippen LogP contribution >= 0.6 is 11.8 Å². The fourth-order valence-electron chi connectivity index (χ4n) is 4.48. The van der Waals surface area contributed by atoms with E-state index in [-0.39, 0.29) is 27.8 Å². The highest BCUT2D eigenvalue weighted by Gasteiger charge is 2.50. The molecule has 0 radical (unpaired) electrons. The lowest BCUT2D eigenvalue weighted by Crippen LogP contribution is -2.67. The number of thioether (sulfide) groups is 1. The van der Waals surface area contributed by atoms with Crippen LogP contribution in [-0.2, 0) is 4.43 Å². The molecule has 0 aliphatic carbocycles. The standard InChI is InChI=1S/C26H31N3O2SSi/c1-26(2,3)33(21-10-6-4-7-11-21,22-12-8-5-9-13-22)31-18-20-14-15-24(32-19-20)29-17-16-23(27)28-25(29)30/h4-17,20,24H,18-19H2,1-3H3,(H2,27,28,30)/t20-,24+/m1/s1. The number of benzene rings is 2. The molecule has 2 N–H and O–H groups in total. The van der Waals surface area contributed by atoms with E-state index in [0.717, 1.165) is 5.75 Å². The molecule has 0 amide bonds. The average Bonchev–Trinajstić information content (AvgIpc) is 2.81. The molecule has 2 heterocycles. The summed E-state index contributed by atoms with van der Waals surface area (Å²) < 4.78 is 8.68. The number of nitrogens with zero attached hydrogens (tertiary/aromatic N) is 2. The number of nitrogens with two attached hydrogens (primary N) is 1. The third-order valence-electron chi connectivity index (χ3n) is 6.09. The Morgan fingerprint density at radius 1 is 1.03 bits per heavy atom. The quantitative estimate of drug-likeness (QED) is 0.432. The lowest BCUT2D eigenvalue weighted by molar-refractivity contribution is 0.268. The molecule has 0 bridgehead atoms. The van der Waals surface area contributed by atoms with Crippen LogP contribution in [0.25, 0.3) is 0 Å². The molecule has 0 spiro atoms. The number of hydrogen-bond acceptors (Lipinski definition) is 5. The molecule has 1 aliphatic rings. The second-order valence-electron chi connectivity index (χ2n) is 9.39. The number of nitrogen functional groups attached to an aromatic ring is 1. The zero-order valence-electron chi connectivity index (χ0n) is 19.3. The molecule has 0 saturated carbocycles. The van der Waals surface area contributed by atoms with Crippen molar-refractivity contribution < 1.29 is 4.43 Å². The van der Waals surface area contributed by atoms with E-state index >= 15 is 0 Å². The zero-order chi connectivity index (χ0) is 23.5. The Hall–Kier alpha value is -2.61. The van der Waals surface area contributed by atoms with Crippen LogP contribution in [0.15, 0.2) is 89.9 Å². The number of aromatic nitrogens is 2. The maximum Gasteiger partial charge on any atom is 0.350 e. The van der Waals surface area contributed by atoms with E-state index in [1.807, 2.05) is 0 Å². The molecule has 2 aromatic carbocycles. The van der Waals surface area contributed by atoms with Crippen LogP contribution < -0.4 is 21.8 Å². The molecule has 1 aliphatic heterocycles. The van der Waals surface area contributed by atoms with Crippen LogP contribution in [0, 0.1) is 5.92 Å². The van der Waals surface area contributed by atoms with Crippen molar-refractivity contribution in [3.8, 4) is 0 Å². The minimum absolute atomic E-state index is 0.0489. The van der Waals surface area contributed by atoms with E-state index in [4.69, 9.17) is 10.2 Å². The highest BCUT2D eigenvalue weighted by atomic mass is 32.2. The summed E-state index contributed by atoms with van der Waals surface area (Å²) in [5.74, 6) is 1.39. The lowest BCUT2D eigenvalue weighted by atomic mass is 10.2. The minimum Gasteiger partial charge on any atom is -0.407 e. The summed E-state index contributed by atoms with van der Waals surface area (Å²) in [5, 5.41) is 2.45. The molecule has 5 nitrogen and oxygen atoms in total. The van der Waals surface area contributed by atoms with Crippen molar-refractivity contribution in [3.63, 3.8) is 0 Å². The maximum atomic E-state index is 12.2. The Balaban J connectivity index is 1.60. The Morgan fingerprint density at radius 2 is 1.64 bits per heavy atom. The van der Waals surface area contributed by atoms with Crippen molar-refractivity contribution in [2.24, 2.45) is 5.92 Å². The van der Waals surface area contributed by atoms with Crippen LogP contribution in [-0.4, -0.2) is 30.2 Å². The van der Waals surface area contributed by atoms with Gasteiger partial charge in [0.1, 0.15) is 11.2 Å². The molecular formula is C26H31N3O2SSi. The van der Waals surface area contributed by atoms with E-state index in [0.29, 0.717) is 6.61 Å². The maximum absolute atomic E-state index is 12.2. The monoisotopic (exact) mass is 477 g/mol. The molecule has 3 aromatic rings. The normalized spacial score (nSPS) is 18.9. The topological polar surface area (TPSA) is 70.1 Å². The fourth-order valence-corrected chi connectivity index (χ4v) is 10.3. The van der Waals surface area contributed by atoms with E-state index in [1.165, 1.54) is 10.4 Å². The number of rotatable bonds is 6. The summed E-state index contributed by atoms with van der Waals surface area (Å²) >= 11 is 1.72. The molecular weight excluding hydrogens is 446 g/mol. The van der Waals surface area contributed by atoms with Gasteiger partial charge in [0.05, 0.1) is 0 Å². The van der Waals surface area contributed by atoms with Crippen molar-refractivity contribution in [3.05, 3.63) is 95.6 Å². The molecule has 2 atom stereocenters. The minimum atomic E-state index is -2.55. The Bertz CT molecular complexity index is 1120. The highest BCUT2D eigenvalue weighted by molar-refractivity contribution is 7.99. The van der Waals surface area contributed by atoms with Crippen molar-refractivity contribution in [2.75, 3.05) is 18.1 Å². The summed E-state index contributed by atoms with van der Waals surface area (Å²) in [5.41, 5.74) is 5.31. The molecule has 4 rings (SSSR count). The van der Waals surface area contributed by atoms with Crippen LogP contribution in [0.1, 0.15) is 26.1 Å². The first-order valence-corrected chi connectivity index (χ1v) is 14.2. The average molecular weight is 478 g/mol. The molecule has 7 heteroatoms. The van der Waals surface area contributed by atoms with Crippen molar-refractivity contribution in [1.82, 2.24) is 9.55 Å². The largest absolute Gasteiger partial charge is 0.407 e. The van der Waals surface area contributed by atoms with E-state index < -0.39 is 8.32 Å². The van der Waals surface area contributed by atoms with Gasteiger partial charge in [-0.3, -0.25) is 4.57 Å². The van der Waals surface area contributed by atoms with Crippen LogP contribution in [0.3, 0.4) is 0 Å². The van der Waals surface area contributed by atoms with Gasteiger partial charge in [0, 0.05) is 24.5 Å². The van der Waals surface area contributed by atoms with Crippen LogP contribution in [0.4, 0.5) is 5.82 Å². The van der Waals surface area contributed by atoms with E-state index in [9.17, 15) is 4.79 Å². The molecule has 33 heavy (non-hydrogen) atoms. The smallest absolute Gasteiger partial charge is 0.350 e. The van der Waals surface area contributed by atoms with Gasteiger partial charge < -0.3 is 10.2 Å². The third-order valence-corrected chi connectivity index (χ3v) is 12.4. The molecule has 0 saturated heterocycles. The first-order valence-electron chi connectivity index (χ1n) is 11.2.